The van der Waals surface area contributed by atoms with Crippen molar-refractivity contribution in [3.63, 3.8) is 0 Å². The van der Waals surface area contributed by atoms with E-state index in [0.717, 1.165) is 0 Å². The first-order valence-electron chi connectivity index (χ1n) is 8.07. The second-order valence-electron chi connectivity index (χ2n) is 7.10. The van der Waals surface area contributed by atoms with Crippen molar-refractivity contribution in [3.8, 4) is 5.75 Å². The molecule has 3 N–H and O–H groups in total. The number of benzene rings is 1. The first kappa shape index (κ1) is 21.2. The minimum atomic E-state index is -1.02. The molecule has 0 unspecified atom stereocenters. The number of nitrogens with zero attached hydrogens (tertiary/aromatic N) is 1. The van der Waals surface area contributed by atoms with E-state index in [0.29, 0.717) is 5.56 Å². The zero-order valence-electron chi connectivity index (χ0n) is 15.2. The molecule has 26 heavy (non-hydrogen) atoms. The summed E-state index contributed by atoms with van der Waals surface area (Å²) < 4.78 is 5.18. The van der Waals surface area contributed by atoms with Crippen LogP contribution < -0.4 is 5.32 Å². The number of ether oxygens (including phenoxy) is 1. The van der Waals surface area contributed by atoms with Crippen LogP contribution in [0.1, 0.15) is 39.7 Å². The molecule has 0 aliphatic carbocycles. The third-order valence-electron chi connectivity index (χ3n) is 3.50. The van der Waals surface area contributed by atoms with Gasteiger partial charge in [-0.25, -0.2) is 4.79 Å². The van der Waals surface area contributed by atoms with Gasteiger partial charge in [0.1, 0.15) is 5.60 Å². The maximum absolute atomic E-state index is 12.0. The van der Waals surface area contributed by atoms with Crippen LogP contribution in [0.15, 0.2) is 18.2 Å². The molecule has 2 atom stereocenters. The number of carbonyl (C=O) groups excluding carboxylic acids is 1. The minimum absolute atomic E-state index is 0.114. The monoisotopic (exact) mass is 368 g/mol. The summed E-state index contributed by atoms with van der Waals surface area (Å²) in [6, 6.07) is 3.26. The molecule has 0 spiro atoms. The Morgan fingerprint density at radius 1 is 1.35 bits per heavy atom. The van der Waals surface area contributed by atoms with Gasteiger partial charge in [0.2, 0.25) is 0 Å². The quantitative estimate of drug-likeness (QED) is 0.496. The molecular formula is C17H24N2O7. The molecule has 0 fully saturated rings. The Morgan fingerprint density at radius 3 is 2.46 bits per heavy atom. The number of nitrogens with one attached hydrogen (secondary N) is 1. The first-order chi connectivity index (χ1) is 11.9. The van der Waals surface area contributed by atoms with Gasteiger partial charge in [0.05, 0.1) is 10.8 Å². The number of carboxylic acids is 1. The Hall–Kier alpha value is -2.84. The maximum atomic E-state index is 12.0. The van der Waals surface area contributed by atoms with E-state index in [1.165, 1.54) is 25.1 Å². The van der Waals surface area contributed by atoms with E-state index in [2.05, 4.69) is 5.32 Å². The zero-order chi connectivity index (χ0) is 20.1. The number of hydrogen-bond acceptors (Lipinski definition) is 6. The number of aliphatic carboxylic acids is 1. The van der Waals surface area contributed by atoms with E-state index in [4.69, 9.17) is 9.84 Å². The fourth-order valence-corrected chi connectivity index (χ4v) is 2.32. The predicted molar refractivity (Wildman–Crippen MR) is 93.0 cm³/mol. The fraction of sp³-hybridized carbons (Fsp3) is 0.529. The number of carbonyl (C=O) groups is 2. The molecule has 0 radical (unpaired) electrons. The molecule has 0 aromatic heterocycles. The highest BCUT2D eigenvalue weighted by molar-refractivity contribution is 5.70. The smallest absolute Gasteiger partial charge is 0.407 e. The largest absolute Gasteiger partial charge is 0.502 e. The number of phenolic OH excluding ortho intramolecular Hbond substituents is 1. The number of phenols is 1. The van der Waals surface area contributed by atoms with E-state index >= 15 is 0 Å². The van der Waals surface area contributed by atoms with Crippen LogP contribution in [-0.4, -0.2) is 38.8 Å². The number of rotatable bonds is 7. The van der Waals surface area contributed by atoms with Crippen LogP contribution in [0.2, 0.25) is 0 Å². The number of aromatic hydroxyl groups is 1. The molecule has 0 aliphatic heterocycles. The lowest BCUT2D eigenvalue weighted by atomic mass is 9.96. The van der Waals surface area contributed by atoms with Crippen LogP contribution in [0.3, 0.4) is 0 Å². The molecule has 1 rings (SSSR count). The van der Waals surface area contributed by atoms with Gasteiger partial charge in [-0.05, 0) is 45.2 Å². The van der Waals surface area contributed by atoms with Crippen molar-refractivity contribution in [3.05, 3.63) is 33.9 Å². The van der Waals surface area contributed by atoms with Crippen LogP contribution in [0.25, 0.3) is 0 Å². The topological polar surface area (TPSA) is 139 Å². The minimum Gasteiger partial charge on any atom is -0.502 e. The van der Waals surface area contributed by atoms with Gasteiger partial charge in [-0.3, -0.25) is 14.9 Å². The number of amides is 1. The highest BCUT2D eigenvalue weighted by Gasteiger charge is 2.24. The van der Waals surface area contributed by atoms with E-state index in [1.54, 1.807) is 20.8 Å². The lowest BCUT2D eigenvalue weighted by molar-refractivity contribution is -0.385. The second kappa shape index (κ2) is 8.50. The van der Waals surface area contributed by atoms with E-state index in [1.807, 2.05) is 0 Å². The molecule has 0 bridgehead atoms. The van der Waals surface area contributed by atoms with Gasteiger partial charge in [-0.15, -0.1) is 0 Å². The van der Waals surface area contributed by atoms with Crippen LogP contribution >= 0.6 is 0 Å². The Balaban J connectivity index is 2.98. The molecule has 1 aromatic carbocycles. The van der Waals surface area contributed by atoms with Gasteiger partial charge in [0, 0.05) is 12.1 Å². The van der Waals surface area contributed by atoms with Crippen molar-refractivity contribution in [2.45, 2.75) is 52.2 Å². The summed E-state index contributed by atoms with van der Waals surface area (Å²) in [5, 5.41) is 32.2. The molecule has 0 aliphatic rings. The summed E-state index contributed by atoms with van der Waals surface area (Å²) in [4.78, 5) is 33.4. The van der Waals surface area contributed by atoms with Crippen LogP contribution in [0.4, 0.5) is 10.5 Å². The van der Waals surface area contributed by atoms with Crippen LogP contribution in [0.5, 0.6) is 5.75 Å². The average molecular weight is 368 g/mol. The molecule has 0 saturated carbocycles. The fourth-order valence-electron chi connectivity index (χ4n) is 2.32. The van der Waals surface area contributed by atoms with Gasteiger partial charge in [0.25, 0.3) is 0 Å². The molecule has 9 nitrogen and oxygen atoms in total. The standard InChI is InChI=1S/C17H24N2O7/c1-10(15(21)22)7-12(18-16(23)26-17(2,3)4)8-11-5-6-14(20)13(9-11)19(24)25/h5-6,9-10,12,20H,7-8H2,1-4H3,(H,18,23)(H,21,22)/t10-,12-/m1/s1. The number of alkyl carbamates (subject to hydrolysis) is 1. The van der Waals surface area contributed by atoms with Crippen molar-refractivity contribution in [1.82, 2.24) is 5.32 Å². The Kier molecular flexibility index (Phi) is 6.93. The normalized spacial score (nSPS) is 13.5. The lowest BCUT2D eigenvalue weighted by Crippen LogP contribution is -2.41. The summed E-state index contributed by atoms with van der Waals surface area (Å²) >= 11 is 0. The Morgan fingerprint density at radius 2 is 1.96 bits per heavy atom. The maximum Gasteiger partial charge on any atom is 0.407 e. The third-order valence-corrected chi connectivity index (χ3v) is 3.50. The summed E-state index contributed by atoms with van der Waals surface area (Å²) in [5.41, 5.74) is -0.692. The molecule has 1 amide bonds. The van der Waals surface area contributed by atoms with Crippen LogP contribution in [-0.2, 0) is 16.0 Å². The molecule has 0 saturated heterocycles. The van der Waals surface area contributed by atoms with Crippen molar-refractivity contribution >= 4 is 17.7 Å². The molecular weight excluding hydrogens is 344 g/mol. The number of nitro groups is 1. The molecule has 9 heteroatoms. The van der Waals surface area contributed by atoms with E-state index in [9.17, 15) is 24.8 Å². The SMILES string of the molecule is C[C@H](C[C@H](Cc1ccc(O)c([N+](=O)[O-])c1)NC(=O)OC(C)(C)C)C(=O)O. The van der Waals surface area contributed by atoms with Gasteiger partial charge in [-0.1, -0.05) is 13.0 Å². The molecule has 144 valence electrons. The zero-order valence-corrected chi connectivity index (χ0v) is 15.2. The van der Waals surface area contributed by atoms with E-state index < -0.39 is 46.0 Å². The summed E-state index contributed by atoms with van der Waals surface area (Å²) in [5.74, 6) is -2.21. The average Bonchev–Trinajstić information content (AvgIpc) is 2.46. The van der Waals surface area contributed by atoms with Crippen molar-refractivity contribution in [2.75, 3.05) is 0 Å². The summed E-state index contributed by atoms with van der Waals surface area (Å²) in [7, 11) is 0. The molecule has 0 heterocycles. The number of carboxylic acid groups (broad SMARTS) is 1. The van der Waals surface area contributed by atoms with E-state index in [-0.39, 0.29) is 12.8 Å². The van der Waals surface area contributed by atoms with Crippen molar-refractivity contribution < 1.29 is 29.5 Å². The summed E-state index contributed by atoms with van der Waals surface area (Å²) in [6.45, 7) is 6.60. The van der Waals surface area contributed by atoms with Crippen molar-refractivity contribution in [2.24, 2.45) is 5.92 Å². The number of nitro benzene ring substituents is 1. The third kappa shape index (κ3) is 6.96. The molecule has 1 aromatic rings. The Bertz CT molecular complexity index is 682. The lowest BCUT2D eigenvalue weighted by Gasteiger charge is -2.24. The first-order valence-corrected chi connectivity index (χ1v) is 8.07. The predicted octanol–water partition coefficient (Wildman–Crippen LogP) is 2.85. The Labute approximate surface area is 151 Å². The highest BCUT2D eigenvalue weighted by atomic mass is 16.6. The van der Waals surface area contributed by atoms with Gasteiger partial charge < -0.3 is 20.3 Å². The second-order valence-corrected chi connectivity index (χ2v) is 7.10. The van der Waals surface area contributed by atoms with Crippen LogP contribution in [0, 0.1) is 16.0 Å². The van der Waals surface area contributed by atoms with Gasteiger partial charge in [-0.2, -0.15) is 0 Å². The van der Waals surface area contributed by atoms with Gasteiger partial charge >= 0.3 is 17.7 Å². The number of hydrogen-bond donors (Lipinski definition) is 3. The summed E-state index contributed by atoms with van der Waals surface area (Å²) in [6.07, 6.45) is -0.435. The van der Waals surface area contributed by atoms with Crippen molar-refractivity contribution in [1.29, 1.82) is 0 Å². The van der Waals surface area contributed by atoms with Gasteiger partial charge in [0.15, 0.2) is 5.75 Å². The highest BCUT2D eigenvalue weighted by Crippen LogP contribution is 2.27.